The Balaban J connectivity index is 0.000000144. The second-order valence-corrected chi connectivity index (χ2v) is 38.3. The number of rotatable bonds is 19. The number of pyridine rings is 8. The number of alkyl halides is 3. The van der Waals surface area contributed by atoms with E-state index in [1.165, 1.54) is 35.3 Å². The summed E-state index contributed by atoms with van der Waals surface area (Å²) in [6.07, 6.45) is 15.2. The van der Waals surface area contributed by atoms with Crippen LogP contribution >= 0.6 is 91.8 Å². The second-order valence-electron chi connectivity index (χ2n) is 31.4. The molecule has 35 nitrogen and oxygen atoms in total. The molecule has 0 unspecified atom stereocenters. The first-order valence-corrected chi connectivity index (χ1v) is 48.5. The predicted molar refractivity (Wildman–Crippen MR) is 536 cm³/mol. The molecule has 4 aromatic carbocycles. The molecule has 4 aliphatic rings. The molecule has 0 atom stereocenters. The van der Waals surface area contributed by atoms with Crippen molar-refractivity contribution < 1.29 is 55.6 Å². The van der Waals surface area contributed by atoms with Gasteiger partial charge in [0.2, 0.25) is 0 Å². The van der Waals surface area contributed by atoms with Crippen molar-refractivity contribution in [2.24, 2.45) is 11.1 Å². The lowest BCUT2D eigenvalue weighted by Crippen LogP contribution is -2.44. The molecular weight excluding hydrogens is 2000 g/mol. The molecule has 6 N–H and O–H groups in total. The number of carbonyl (C=O) groups is 1. The van der Waals surface area contributed by atoms with Crippen LogP contribution in [0.25, 0.3) is 66.2 Å². The van der Waals surface area contributed by atoms with Crippen LogP contribution in [0.2, 0.25) is 0 Å². The predicted octanol–water partition coefficient (Wildman–Crippen LogP) is 13.5. The van der Waals surface area contributed by atoms with Gasteiger partial charge < -0.3 is 68.4 Å². The van der Waals surface area contributed by atoms with Gasteiger partial charge in [-0.05, 0) is 267 Å². The van der Waals surface area contributed by atoms with Crippen LogP contribution in [0.15, 0.2) is 239 Å². The molecule has 4 fully saturated rings. The molecule has 0 bridgehead atoms. The number of anilines is 4. The van der Waals surface area contributed by atoms with Gasteiger partial charge in [0, 0.05) is 193 Å². The van der Waals surface area contributed by atoms with E-state index in [2.05, 4.69) is 234 Å². The number of nitrogens with two attached hydrogens (primary N) is 1. The van der Waals surface area contributed by atoms with Crippen molar-refractivity contribution in [1.82, 2.24) is 97.9 Å². The molecule has 0 saturated carbocycles. The maximum absolute atomic E-state index is 12.4. The minimum atomic E-state index is -5.69. The number of nitrogens with one attached hydrogen (secondary N) is 1. The molecule has 0 radical (unpaired) electrons. The van der Waals surface area contributed by atoms with Crippen molar-refractivity contribution in [2.45, 2.75) is 49.5 Å². The van der Waals surface area contributed by atoms with Crippen LogP contribution in [0.3, 0.4) is 0 Å². The zero-order chi connectivity index (χ0) is 95.5. The van der Waals surface area contributed by atoms with Gasteiger partial charge in [0.1, 0.15) is 12.4 Å². The number of fused-ring (bicyclic) bond motifs is 8. The van der Waals surface area contributed by atoms with E-state index in [1.54, 1.807) is 59.4 Å². The number of aliphatic hydroxyl groups excluding tert-OH is 3. The minimum Gasteiger partial charge on any atom is -0.400 e. The quantitative estimate of drug-likeness (QED) is 0.00954. The summed E-state index contributed by atoms with van der Waals surface area (Å²) in [6.45, 7) is 19.7. The lowest BCUT2D eigenvalue weighted by molar-refractivity contribution is -0.0500. The van der Waals surface area contributed by atoms with E-state index in [4.69, 9.17) is 32.4 Å². The Morgan fingerprint density at radius 1 is 0.471 bits per heavy atom. The van der Waals surface area contributed by atoms with Crippen LogP contribution in [0, 0.1) is 4.77 Å². The summed E-state index contributed by atoms with van der Waals surface area (Å²) in [7, 11) is 3.83. The molecule has 16 heterocycles. The number of nitrogens with zero attached hydrogens (tertiary/aromatic N) is 24. The summed E-state index contributed by atoms with van der Waals surface area (Å²) in [5, 5.41) is 66.5. The molecular formula is C90H100Br2ClF3N26O9S5. The summed E-state index contributed by atoms with van der Waals surface area (Å²) in [4.78, 5) is 60.9. The van der Waals surface area contributed by atoms with Gasteiger partial charge >= 0.3 is 15.6 Å². The summed E-state index contributed by atoms with van der Waals surface area (Å²) in [6, 6.07) is 46.3. The molecule has 0 aliphatic carbocycles. The van der Waals surface area contributed by atoms with Crippen LogP contribution in [-0.4, -0.2) is 305 Å². The summed E-state index contributed by atoms with van der Waals surface area (Å²) < 4.78 is 74.0. The zero-order valence-electron chi connectivity index (χ0n) is 75.1. The van der Waals surface area contributed by atoms with Gasteiger partial charge in [-0.25, -0.2) is 5.90 Å². The number of likely N-dealkylation sites (N-methyl/N-ethyl adjacent to an activating group) is 4. The topological polar surface area (TPSA) is 379 Å². The van der Waals surface area contributed by atoms with E-state index < -0.39 is 21.4 Å². The van der Waals surface area contributed by atoms with Crippen LogP contribution in [0.4, 0.5) is 35.9 Å². The van der Waals surface area contributed by atoms with Crippen LogP contribution in [0.5, 0.6) is 5.75 Å². The van der Waals surface area contributed by atoms with Crippen molar-refractivity contribution >= 4 is 202 Å². The number of benzene rings is 4. The van der Waals surface area contributed by atoms with Crippen LogP contribution < -0.4 is 29.7 Å². The summed E-state index contributed by atoms with van der Waals surface area (Å²) >= 11 is 16.5. The van der Waals surface area contributed by atoms with E-state index in [-0.39, 0.29) is 44.6 Å². The lowest BCUT2D eigenvalue weighted by atomic mass is 10.2. The highest BCUT2D eigenvalue weighted by Crippen LogP contribution is 2.37. The van der Waals surface area contributed by atoms with Gasteiger partial charge in [-0.15, -0.1) is 43.0 Å². The van der Waals surface area contributed by atoms with E-state index >= 15 is 0 Å². The van der Waals surface area contributed by atoms with E-state index in [9.17, 15) is 26.4 Å². The maximum atomic E-state index is 12.4. The number of Topliss-reactive ketones (excluding diaryl/α,β-unsaturated/α-hetero) is 1. The molecule has 4 aliphatic heterocycles. The average Bonchev–Trinajstić information content (AvgIpc) is 1.50. The second kappa shape index (κ2) is 47.9. The minimum absolute atomic E-state index is 0. The molecule has 16 aromatic rings. The van der Waals surface area contributed by atoms with Gasteiger partial charge in [0.15, 0.2) is 48.6 Å². The number of oxime groups is 1. The fourth-order valence-corrected chi connectivity index (χ4v) is 18.4. The van der Waals surface area contributed by atoms with Crippen LogP contribution in [-0.2, 0) is 19.8 Å². The Hall–Kier alpha value is -11.0. The monoisotopic (exact) mass is 2100 g/mol. The molecule has 716 valence electrons. The highest BCUT2D eigenvalue weighted by molar-refractivity contribution is 9.10. The molecule has 0 amide bonds. The maximum Gasteiger partial charge on any atom is 0.534 e. The Bertz CT molecular complexity index is 7000. The standard InChI is InChI=1S/C24H27N7O2S.C22H22N6OS.C20H19BrN6S.C15H16F3N3O3S.C6H4BrN3S.C2H7NO2.CH4O.ClH/c1-17(28-33-12-11-32)18-3-6-23-26-27-24(31(23)16-18)34-21-4-5-22-19(14-21)13-20(15-25-22)30-9-7-29(2)8-10-30;1-15(29)16-3-6-21-24-25-22(28(21)14-16)30-19-4-5-20-17(12-19)11-18(13-23-20)27-9-7-26(2)8-10-27;1-25-6-8-26(9-7-25)16-10-14-11-17(3-4-18(14)22-12-16)28-20-24-23-19-5-2-15(21)13-27(19)20;1-20-4-6-21(7-5-20)12-8-11-9-13(2-3-14(11)19-10-12)24-25(22,23)15(16,17)18;7-4-1-2-5-8-9-6(11)10(5)3-4;3-5-2-1-4;1-2;/h3-6,13-16,32H,7-12H2,1-2H3;3-6,11-14H,7-10H2,1-2H3;2-5,10-13H,6-9H2,1H3;2-3,8-10H,4-7H2,1H3;1-3H,(H,9,11);4H,1-3H2;2H,1H3;1H/b28-17+;;;;;;;. The third kappa shape index (κ3) is 26.7. The Labute approximate surface area is 822 Å². The van der Waals surface area contributed by atoms with Gasteiger partial charge in [-0.1, -0.05) is 5.16 Å². The number of aliphatic hydroxyl groups is 3. The first-order chi connectivity index (χ1) is 65.2. The van der Waals surface area contributed by atoms with Crippen molar-refractivity contribution in [3.63, 3.8) is 0 Å². The molecule has 46 heteroatoms. The van der Waals surface area contributed by atoms with Crippen molar-refractivity contribution in [1.29, 1.82) is 0 Å². The first-order valence-electron chi connectivity index (χ1n) is 42.6. The Morgan fingerprint density at radius 2 is 0.816 bits per heavy atom. The number of aromatic amines is 1. The van der Waals surface area contributed by atoms with Gasteiger partial charge in [0.25, 0.3) is 0 Å². The fourth-order valence-electron chi connectivity index (χ4n) is 14.5. The largest absolute Gasteiger partial charge is 0.534 e. The number of aromatic nitrogens is 16. The third-order valence-electron chi connectivity index (χ3n) is 22.0. The highest BCUT2D eigenvalue weighted by Gasteiger charge is 2.48. The number of carbonyl (C=O) groups excluding carboxylic acids is 1. The Kier molecular flexibility index (Phi) is 36.1. The van der Waals surface area contributed by atoms with E-state index in [1.807, 2.05) is 119 Å². The molecule has 20 rings (SSSR count). The number of ketones is 1. The summed E-state index contributed by atoms with van der Waals surface area (Å²) in [5.41, 5.74) is 7.79. The van der Waals surface area contributed by atoms with Crippen molar-refractivity contribution in [2.75, 3.05) is 186 Å². The molecule has 0 spiro atoms. The number of hydrogen-bond donors (Lipinski definition) is 5. The SMILES string of the molecule is C/C(=N\OCCO)c1ccc2nnc(Sc3ccc4ncc(N5CCN(C)CC5)cc4c3)n2c1.CC(=O)c1ccc2nnc(Sc3ccc4ncc(N5CCN(C)CC5)cc4c3)n2c1.CN1CCN(c2cnc3ccc(OS(=O)(=O)C(F)(F)F)cc3c2)CC1.CN1CCN(c2cnc3ccc(Sc4nnc5ccc(Br)cn45)cc3c2)CC1.CO.Cl.NOCCO.S=c1[nH]nc2ccc(Br)cn12. The van der Waals surface area contributed by atoms with Gasteiger partial charge in [-0.3, -0.25) is 47.4 Å². The van der Waals surface area contributed by atoms with Crippen molar-refractivity contribution in [3.05, 3.63) is 220 Å². The van der Waals surface area contributed by atoms with Crippen molar-refractivity contribution in [3.8, 4) is 5.75 Å². The smallest absolute Gasteiger partial charge is 0.400 e. The normalized spacial score (nSPS) is 14.8. The molecule has 4 saturated heterocycles. The van der Waals surface area contributed by atoms with Gasteiger partial charge in [-0.2, -0.15) is 26.7 Å². The van der Waals surface area contributed by atoms with E-state index in [0.717, 1.165) is 229 Å². The number of halogens is 6. The molecule has 12 aromatic heterocycles. The first kappa shape index (κ1) is 102. The van der Waals surface area contributed by atoms with Gasteiger partial charge in [0.05, 0.1) is 95.1 Å². The zero-order valence-corrected chi connectivity index (χ0v) is 83.1. The number of H-pyrrole nitrogens is 1. The van der Waals surface area contributed by atoms with E-state index in [0.29, 0.717) is 26.9 Å². The van der Waals surface area contributed by atoms with Crippen LogP contribution in [0.1, 0.15) is 29.8 Å². The fraction of sp³-hybridized carbons (Fsp3) is 0.311. The number of hydrogen-bond acceptors (Lipinski definition) is 34. The lowest BCUT2D eigenvalue weighted by Gasteiger charge is -2.33. The average molecular weight is 2100 g/mol. The highest BCUT2D eigenvalue weighted by atomic mass is 79.9. The Morgan fingerprint density at radius 3 is 1.18 bits per heavy atom. The molecule has 136 heavy (non-hydrogen) atoms. The number of piperazine rings is 4. The summed E-state index contributed by atoms with van der Waals surface area (Å²) in [5.74, 6) is 4.10. The third-order valence-corrected chi connectivity index (χ3v) is 27.1.